The molecule has 1 N–H and O–H groups in total. The molecular formula is C15H8ClF6N5. The molecule has 0 bridgehead atoms. The average Bonchev–Trinajstić information content (AvgIpc) is 3.03. The van der Waals surface area contributed by atoms with E-state index in [0.717, 1.165) is 47.1 Å². The summed E-state index contributed by atoms with van der Waals surface area (Å²) in [6.07, 6.45) is -9.04. The van der Waals surface area contributed by atoms with Crippen molar-refractivity contribution in [3.8, 4) is 5.69 Å². The van der Waals surface area contributed by atoms with Gasteiger partial charge < -0.3 is 5.32 Å². The first-order chi connectivity index (χ1) is 12.6. The number of benzene rings is 2. The number of hydrogen-bond donors (Lipinski definition) is 1. The van der Waals surface area contributed by atoms with Crippen molar-refractivity contribution in [3.05, 3.63) is 58.6 Å². The van der Waals surface area contributed by atoms with Gasteiger partial charge in [-0.25, -0.2) is 0 Å². The van der Waals surface area contributed by atoms with Crippen LogP contribution < -0.4 is 5.32 Å². The quantitative estimate of drug-likeness (QED) is 0.614. The number of alkyl halides is 6. The maximum absolute atomic E-state index is 12.7. The summed E-state index contributed by atoms with van der Waals surface area (Å²) in [6, 6.07) is 6.66. The van der Waals surface area contributed by atoms with Crippen LogP contribution in [0.3, 0.4) is 0 Å². The van der Waals surface area contributed by atoms with Gasteiger partial charge >= 0.3 is 12.4 Å². The molecule has 1 aromatic heterocycles. The van der Waals surface area contributed by atoms with E-state index in [1.54, 1.807) is 0 Å². The molecule has 0 saturated heterocycles. The first-order valence-corrected chi connectivity index (χ1v) is 7.53. The van der Waals surface area contributed by atoms with Crippen LogP contribution in [0, 0.1) is 0 Å². The van der Waals surface area contributed by atoms with E-state index < -0.39 is 23.5 Å². The van der Waals surface area contributed by atoms with Gasteiger partial charge in [0.25, 0.3) is 5.95 Å². The van der Waals surface area contributed by atoms with Crippen molar-refractivity contribution in [1.82, 2.24) is 20.2 Å². The Morgan fingerprint density at radius 2 is 1.44 bits per heavy atom. The van der Waals surface area contributed by atoms with E-state index in [1.165, 1.54) is 0 Å². The van der Waals surface area contributed by atoms with Gasteiger partial charge in [-0.05, 0) is 52.9 Å². The van der Waals surface area contributed by atoms with Gasteiger partial charge in [-0.15, -0.1) is 0 Å². The predicted octanol–water partition coefficient (Wildman–Crippen LogP) is 5.10. The summed E-state index contributed by atoms with van der Waals surface area (Å²) >= 11 is 5.86. The minimum atomic E-state index is -4.55. The van der Waals surface area contributed by atoms with Crippen LogP contribution >= 0.6 is 11.6 Å². The second kappa shape index (κ2) is 6.72. The van der Waals surface area contributed by atoms with Crippen LogP contribution in [0.1, 0.15) is 11.1 Å². The van der Waals surface area contributed by atoms with Crippen LogP contribution in [0.25, 0.3) is 5.69 Å². The van der Waals surface area contributed by atoms with E-state index in [9.17, 15) is 26.3 Å². The van der Waals surface area contributed by atoms with Crippen LogP contribution in [0.4, 0.5) is 38.0 Å². The molecule has 0 amide bonds. The Balaban J connectivity index is 1.88. The summed E-state index contributed by atoms with van der Waals surface area (Å²) in [5.41, 5.74) is -1.48. The minimum Gasteiger partial charge on any atom is -0.321 e. The fraction of sp³-hybridized carbons (Fsp3) is 0.133. The van der Waals surface area contributed by atoms with Crippen molar-refractivity contribution in [3.63, 3.8) is 0 Å². The van der Waals surface area contributed by atoms with Crippen molar-refractivity contribution in [2.24, 2.45) is 0 Å². The molecule has 3 aromatic rings. The highest BCUT2D eigenvalue weighted by Gasteiger charge is 2.31. The first kappa shape index (κ1) is 19.0. The van der Waals surface area contributed by atoms with Crippen molar-refractivity contribution in [2.75, 3.05) is 5.32 Å². The topological polar surface area (TPSA) is 55.6 Å². The summed E-state index contributed by atoms with van der Waals surface area (Å²) in [4.78, 5) is 0. The highest BCUT2D eigenvalue weighted by Crippen LogP contribution is 2.35. The molecule has 27 heavy (non-hydrogen) atoms. The number of tetrazole rings is 1. The largest absolute Gasteiger partial charge is 0.416 e. The number of nitrogens with zero attached hydrogens (tertiary/aromatic N) is 4. The molecule has 0 spiro atoms. The SMILES string of the molecule is FC(F)(F)c1ccc(-n2nnnc2Nc2ccc(C(F)(F)F)cc2Cl)cc1. The van der Waals surface area contributed by atoms with Crippen LogP contribution in [-0.4, -0.2) is 20.2 Å². The Morgan fingerprint density at radius 3 is 2.00 bits per heavy atom. The molecular weight excluding hydrogens is 400 g/mol. The number of aromatic nitrogens is 4. The Bertz CT molecular complexity index is 949. The maximum Gasteiger partial charge on any atom is 0.416 e. The normalized spacial score (nSPS) is 12.3. The summed E-state index contributed by atoms with van der Waals surface area (Å²) in [6.45, 7) is 0. The zero-order valence-corrected chi connectivity index (χ0v) is 13.7. The molecule has 0 aliphatic heterocycles. The number of nitrogens with one attached hydrogen (secondary N) is 1. The molecule has 5 nitrogen and oxygen atoms in total. The molecule has 0 saturated carbocycles. The number of rotatable bonds is 3. The van der Waals surface area contributed by atoms with Crippen LogP contribution in [0.5, 0.6) is 0 Å². The molecule has 1 heterocycles. The summed E-state index contributed by atoms with van der Waals surface area (Å²) in [5, 5.41) is 13.1. The van der Waals surface area contributed by atoms with E-state index in [1.807, 2.05) is 0 Å². The van der Waals surface area contributed by atoms with Gasteiger partial charge in [-0.2, -0.15) is 31.0 Å². The van der Waals surface area contributed by atoms with Gasteiger partial charge in [-0.1, -0.05) is 16.7 Å². The molecule has 3 rings (SSSR count). The van der Waals surface area contributed by atoms with Crippen LogP contribution in [-0.2, 0) is 12.4 Å². The Labute approximate surface area is 152 Å². The van der Waals surface area contributed by atoms with Crippen LogP contribution in [0.15, 0.2) is 42.5 Å². The van der Waals surface area contributed by atoms with Crippen molar-refractivity contribution in [2.45, 2.75) is 12.4 Å². The van der Waals surface area contributed by atoms with Gasteiger partial charge in [0.05, 0.1) is 27.5 Å². The maximum atomic E-state index is 12.7. The summed E-state index contributed by atoms with van der Waals surface area (Å²) in [5.74, 6) is -0.0450. The number of halogens is 7. The standard InChI is InChI=1S/C15H8ClF6N5/c16-11-7-9(15(20,21)22)3-6-12(11)23-13-24-25-26-27(13)10-4-1-8(2-5-10)14(17,18)19/h1-7H,(H,23,24,26). The third kappa shape index (κ3) is 4.13. The van der Waals surface area contributed by atoms with E-state index in [0.29, 0.717) is 0 Å². The van der Waals surface area contributed by atoms with E-state index in [4.69, 9.17) is 11.6 Å². The molecule has 0 radical (unpaired) electrons. The lowest BCUT2D eigenvalue weighted by molar-refractivity contribution is -0.138. The molecule has 2 aromatic carbocycles. The molecule has 12 heteroatoms. The number of anilines is 2. The molecule has 0 atom stereocenters. The predicted molar refractivity (Wildman–Crippen MR) is 83.9 cm³/mol. The number of hydrogen-bond acceptors (Lipinski definition) is 4. The zero-order chi connectivity index (χ0) is 19.8. The molecule has 0 aliphatic carbocycles. The minimum absolute atomic E-state index is 0.0450. The lowest BCUT2D eigenvalue weighted by Gasteiger charge is -2.12. The smallest absolute Gasteiger partial charge is 0.321 e. The lowest BCUT2D eigenvalue weighted by atomic mass is 10.2. The Kier molecular flexibility index (Phi) is 4.72. The fourth-order valence-corrected chi connectivity index (χ4v) is 2.37. The third-order valence-electron chi connectivity index (χ3n) is 3.45. The Hall–Kier alpha value is -2.82. The lowest BCUT2D eigenvalue weighted by Crippen LogP contribution is -2.08. The van der Waals surface area contributed by atoms with E-state index in [-0.39, 0.29) is 22.3 Å². The molecule has 0 fully saturated rings. The zero-order valence-electron chi connectivity index (χ0n) is 13.0. The van der Waals surface area contributed by atoms with Crippen LogP contribution in [0.2, 0.25) is 5.02 Å². The van der Waals surface area contributed by atoms with Crippen molar-refractivity contribution in [1.29, 1.82) is 0 Å². The molecule has 0 unspecified atom stereocenters. The van der Waals surface area contributed by atoms with Gasteiger partial charge in [0.1, 0.15) is 0 Å². The van der Waals surface area contributed by atoms with Gasteiger partial charge in [0.15, 0.2) is 0 Å². The summed E-state index contributed by atoms with van der Waals surface area (Å²) in [7, 11) is 0. The van der Waals surface area contributed by atoms with E-state index >= 15 is 0 Å². The monoisotopic (exact) mass is 407 g/mol. The molecule has 142 valence electrons. The second-order valence-electron chi connectivity index (χ2n) is 5.28. The fourth-order valence-electron chi connectivity index (χ4n) is 2.14. The highest BCUT2D eigenvalue weighted by atomic mass is 35.5. The third-order valence-corrected chi connectivity index (χ3v) is 3.76. The average molecular weight is 408 g/mol. The molecule has 0 aliphatic rings. The highest BCUT2D eigenvalue weighted by molar-refractivity contribution is 6.33. The van der Waals surface area contributed by atoms with Gasteiger partial charge in [0, 0.05) is 0 Å². The van der Waals surface area contributed by atoms with Crippen molar-refractivity contribution >= 4 is 23.2 Å². The first-order valence-electron chi connectivity index (χ1n) is 7.15. The van der Waals surface area contributed by atoms with Crippen molar-refractivity contribution < 1.29 is 26.3 Å². The second-order valence-corrected chi connectivity index (χ2v) is 5.68. The summed E-state index contributed by atoms with van der Waals surface area (Å²) < 4.78 is 77.0. The van der Waals surface area contributed by atoms with Gasteiger partial charge in [-0.3, -0.25) is 0 Å². The Morgan fingerprint density at radius 1 is 0.852 bits per heavy atom. The van der Waals surface area contributed by atoms with E-state index in [2.05, 4.69) is 20.8 Å². The van der Waals surface area contributed by atoms with Gasteiger partial charge in [0.2, 0.25) is 0 Å².